The summed E-state index contributed by atoms with van der Waals surface area (Å²) in [5.74, 6) is 0. The molecule has 1 nitrogen and oxygen atoms in total. The van der Waals surface area contributed by atoms with E-state index in [1.54, 1.807) is 0 Å². The van der Waals surface area contributed by atoms with Gasteiger partial charge in [0, 0.05) is 0 Å². The number of benzene rings is 1. The van der Waals surface area contributed by atoms with E-state index in [2.05, 4.69) is 31.2 Å². The molecule has 0 bridgehead atoms. The van der Waals surface area contributed by atoms with Crippen molar-refractivity contribution in [3.8, 4) is 0 Å². The van der Waals surface area contributed by atoms with Gasteiger partial charge in [0.25, 0.3) is 0 Å². The summed E-state index contributed by atoms with van der Waals surface area (Å²) in [6, 6.07) is 8.82. The van der Waals surface area contributed by atoms with E-state index in [9.17, 15) is 5.11 Å². The molecule has 0 amide bonds. The lowest BCUT2D eigenvalue weighted by Crippen LogP contribution is -2.19. The zero-order chi connectivity index (χ0) is 12.0. The van der Waals surface area contributed by atoms with E-state index in [0.717, 1.165) is 12.8 Å². The highest BCUT2D eigenvalue weighted by Crippen LogP contribution is 2.14. The maximum Gasteiger partial charge on any atom is 0.0594 e. The predicted octanol–water partition coefficient (Wildman–Crippen LogP) is 3.73. The van der Waals surface area contributed by atoms with Crippen molar-refractivity contribution < 1.29 is 5.11 Å². The summed E-state index contributed by atoms with van der Waals surface area (Å²) >= 11 is 0. The fourth-order valence-electron chi connectivity index (χ4n) is 1.70. The molecular weight excluding hydrogens is 196 g/mol. The van der Waals surface area contributed by atoms with E-state index < -0.39 is 5.60 Å². The van der Waals surface area contributed by atoms with Gasteiger partial charge in [-0.25, -0.2) is 0 Å². The van der Waals surface area contributed by atoms with E-state index in [1.165, 1.54) is 30.4 Å². The monoisotopic (exact) mass is 220 g/mol. The highest BCUT2D eigenvalue weighted by Gasteiger charge is 2.11. The van der Waals surface area contributed by atoms with Gasteiger partial charge >= 0.3 is 0 Å². The zero-order valence-electron chi connectivity index (χ0n) is 10.8. The van der Waals surface area contributed by atoms with Crippen LogP contribution in [0.5, 0.6) is 0 Å². The summed E-state index contributed by atoms with van der Waals surface area (Å²) in [5.41, 5.74) is 2.19. The summed E-state index contributed by atoms with van der Waals surface area (Å²) in [7, 11) is 0. The summed E-state index contributed by atoms with van der Waals surface area (Å²) in [4.78, 5) is 0. The van der Waals surface area contributed by atoms with Crippen LogP contribution in [0.25, 0.3) is 0 Å². The summed E-state index contributed by atoms with van der Waals surface area (Å²) in [5, 5.41) is 9.65. The van der Waals surface area contributed by atoms with Gasteiger partial charge < -0.3 is 5.11 Å². The molecule has 0 fully saturated rings. The number of aliphatic hydroxyl groups is 1. The smallest absolute Gasteiger partial charge is 0.0594 e. The van der Waals surface area contributed by atoms with Gasteiger partial charge in [-0.15, -0.1) is 0 Å². The minimum absolute atomic E-state index is 0.555. The van der Waals surface area contributed by atoms with Crippen molar-refractivity contribution in [3.63, 3.8) is 0 Å². The van der Waals surface area contributed by atoms with E-state index in [4.69, 9.17) is 0 Å². The summed E-state index contributed by atoms with van der Waals surface area (Å²) in [6.07, 6.45) is 5.48. The fraction of sp³-hybridized carbons (Fsp3) is 0.600. The van der Waals surface area contributed by atoms with Crippen LogP contribution >= 0.6 is 0 Å². The first-order valence-corrected chi connectivity index (χ1v) is 6.31. The van der Waals surface area contributed by atoms with Gasteiger partial charge in [-0.2, -0.15) is 0 Å². The van der Waals surface area contributed by atoms with Crippen molar-refractivity contribution in [3.05, 3.63) is 35.4 Å². The normalized spacial score (nSPS) is 11.8. The third-order valence-electron chi connectivity index (χ3n) is 2.87. The standard InChI is InChI=1S/C15H24O/c1-4-5-6-13-7-9-14(10-8-13)11-12-15(2,3)16/h7-10,16H,4-6,11-12H2,1-3H3. The Morgan fingerprint density at radius 2 is 1.50 bits per heavy atom. The number of aryl methyl sites for hydroxylation is 2. The van der Waals surface area contributed by atoms with Crippen LogP contribution in [0.2, 0.25) is 0 Å². The average Bonchev–Trinajstić information content (AvgIpc) is 2.24. The van der Waals surface area contributed by atoms with Crippen molar-refractivity contribution >= 4 is 0 Å². The molecule has 90 valence electrons. The second-order valence-electron chi connectivity index (χ2n) is 5.23. The molecule has 0 spiro atoms. The van der Waals surface area contributed by atoms with Gasteiger partial charge in [0.1, 0.15) is 0 Å². The van der Waals surface area contributed by atoms with Crippen LogP contribution in [-0.4, -0.2) is 10.7 Å². The Labute approximate surface area is 99.5 Å². The second-order valence-corrected chi connectivity index (χ2v) is 5.23. The van der Waals surface area contributed by atoms with E-state index in [0.29, 0.717) is 0 Å². The molecule has 0 aliphatic rings. The Morgan fingerprint density at radius 1 is 1.00 bits per heavy atom. The maximum atomic E-state index is 9.65. The van der Waals surface area contributed by atoms with Crippen molar-refractivity contribution in [1.29, 1.82) is 0 Å². The van der Waals surface area contributed by atoms with Gasteiger partial charge in [0.05, 0.1) is 5.60 Å². The molecule has 0 saturated heterocycles. The summed E-state index contributed by atoms with van der Waals surface area (Å²) < 4.78 is 0. The topological polar surface area (TPSA) is 20.2 Å². The van der Waals surface area contributed by atoms with Crippen LogP contribution in [0.15, 0.2) is 24.3 Å². The SMILES string of the molecule is CCCCc1ccc(CCC(C)(C)O)cc1. The van der Waals surface area contributed by atoms with Gasteiger partial charge in [0.2, 0.25) is 0 Å². The highest BCUT2D eigenvalue weighted by molar-refractivity contribution is 5.22. The van der Waals surface area contributed by atoms with Crippen molar-refractivity contribution in [2.45, 2.75) is 58.5 Å². The molecule has 0 radical (unpaired) electrons. The molecule has 0 aliphatic carbocycles. The van der Waals surface area contributed by atoms with E-state index in [-0.39, 0.29) is 0 Å². The minimum Gasteiger partial charge on any atom is -0.390 e. The van der Waals surface area contributed by atoms with Crippen LogP contribution < -0.4 is 0 Å². The van der Waals surface area contributed by atoms with Crippen LogP contribution in [-0.2, 0) is 12.8 Å². The van der Waals surface area contributed by atoms with Crippen molar-refractivity contribution in [2.75, 3.05) is 0 Å². The lowest BCUT2D eigenvalue weighted by molar-refractivity contribution is 0.0714. The van der Waals surface area contributed by atoms with Crippen LogP contribution in [0.1, 0.15) is 51.2 Å². The highest BCUT2D eigenvalue weighted by atomic mass is 16.3. The molecule has 0 saturated carbocycles. The Bertz CT molecular complexity index is 292. The fourth-order valence-corrected chi connectivity index (χ4v) is 1.70. The molecule has 1 aromatic rings. The molecule has 1 rings (SSSR count). The zero-order valence-corrected chi connectivity index (χ0v) is 10.8. The van der Waals surface area contributed by atoms with E-state index >= 15 is 0 Å². The van der Waals surface area contributed by atoms with Gasteiger partial charge in [-0.05, 0) is 50.7 Å². The largest absolute Gasteiger partial charge is 0.390 e. The molecular formula is C15H24O. The first-order chi connectivity index (χ1) is 7.51. The quantitative estimate of drug-likeness (QED) is 0.774. The first-order valence-electron chi connectivity index (χ1n) is 6.31. The first kappa shape index (κ1) is 13.2. The average molecular weight is 220 g/mol. The number of hydrogen-bond acceptors (Lipinski definition) is 1. The van der Waals surface area contributed by atoms with Gasteiger partial charge in [-0.3, -0.25) is 0 Å². The van der Waals surface area contributed by atoms with Gasteiger partial charge in [0.15, 0.2) is 0 Å². The predicted molar refractivity (Wildman–Crippen MR) is 69.7 cm³/mol. The summed E-state index contributed by atoms with van der Waals surface area (Å²) in [6.45, 7) is 5.95. The number of rotatable bonds is 6. The van der Waals surface area contributed by atoms with Crippen molar-refractivity contribution in [2.24, 2.45) is 0 Å². The van der Waals surface area contributed by atoms with Crippen LogP contribution in [0, 0.1) is 0 Å². The van der Waals surface area contributed by atoms with Crippen LogP contribution in [0.3, 0.4) is 0 Å². The molecule has 0 unspecified atom stereocenters. The molecule has 0 heterocycles. The Hall–Kier alpha value is -0.820. The Balaban J connectivity index is 2.45. The van der Waals surface area contributed by atoms with Crippen molar-refractivity contribution in [1.82, 2.24) is 0 Å². The van der Waals surface area contributed by atoms with Crippen LogP contribution in [0.4, 0.5) is 0 Å². The second kappa shape index (κ2) is 6.05. The molecule has 1 N–H and O–H groups in total. The Morgan fingerprint density at radius 3 is 1.94 bits per heavy atom. The molecule has 1 heteroatoms. The molecule has 0 atom stereocenters. The number of unbranched alkanes of at least 4 members (excludes halogenated alkanes) is 1. The lowest BCUT2D eigenvalue weighted by atomic mass is 9.98. The molecule has 16 heavy (non-hydrogen) atoms. The molecule has 0 aliphatic heterocycles. The molecule has 0 aromatic heterocycles. The third-order valence-corrected chi connectivity index (χ3v) is 2.87. The number of hydrogen-bond donors (Lipinski definition) is 1. The lowest BCUT2D eigenvalue weighted by Gasteiger charge is -2.16. The van der Waals surface area contributed by atoms with E-state index in [1.807, 2.05) is 13.8 Å². The molecule has 1 aromatic carbocycles. The Kier molecular flexibility index (Phi) is 5.01. The maximum absolute atomic E-state index is 9.65. The van der Waals surface area contributed by atoms with Gasteiger partial charge in [-0.1, -0.05) is 37.6 Å². The minimum atomic E-state index is -0.555. The third kappa shape index (κ3) is 5.32.